The number of amides is 3. The van der Waals surface area contributed by atoms with Gasteiger partial charge in [0.1, 0.15) is 12.3 Å². The minimum atomic E-state index is -0.743. The summed E-state index contributed by atoms with van der Waals surface area (Å²) in [6.45, 7) is -0.586. The number of halogens is 3. The van der Waals surface area contributed by atoms with Crippen molar-refractivity contribution in [2.75, 3.05) is 6.54 Å². The van der Waals surface area contributed by atoms with Gasteiger partial charge < -0.3 is 9.15 Å². The van der Waals surface area contributed by atoms with Gasteiger partial charge in [-0.2, -0.15) is 5.01 Å². The first-order chi connectivity index (χ1) is 19.7. The Balaban J connectivity index is 1.27. The predicted molar refractivity (Wildman–Crippen MR) is 153 cm³/mol. The van der Waals surface area contributed by atoms with E-state index in [0.29, 0.717) is 0 Å². The van der Waals surface area contributed by atoms with Crippen LogP contribution < -0.4 is 4.74 Å². The highest BCUT2D eigenvalue weighted by Gasteiger charge is 2.67. The average Bonchev–Trinajstić information content (AvgIpc) is 3.74. The summed E-state index contributed by atoms with van der Waals surface area (Å²) in [7, 11) is 0. The summed E-state index contributed by atoms with van der Waals surface area (Å²) < 4.78 is 10.3. The Morgan fingerprint density at radius 3 is 2.15 bits per heavy atom. The van der Waals surface area contributed by atoms with E-state index >= 15 is 0 Å². The first kappa shape index (κ1) is 27.9. The molecule has 6 rings (SSSR count). The van der Waals surface area contributed by atoms with E-state index in [1.807, 2.05) is 0 Å². The number of furan rings is 1. The molecule has 1 aliphatic heterocycles. The van der Waals surface area contributed by atoms with Crippen LogP contribution in [-0.4, -0.2) is 55.7 Å². The van der Waals surface area contributed by atoms with Crippen molar-refractivity contribution in [1.82, 2.24) is 10.0 Å². The zero-order valence-electron chi connectivity index (χ0n) is 21.1. The fourth-order valence-corrected chi connectivity index (χ4v) is 8.16. The van der Waals surface area contributed by atoms with E-state index in [0.717, 1.165) is 16.4 Å². The third kappa shape index (κ3) is 4.73. The number of alkyl halides is 2. The molecular weight excluding hydrogens is 684 g/mol. The third-order valence-electron chi connectivity index (χ3n) is 7.95. The van der Waals surface area contributed by atoms with E-state index in [-0.39, 0.29) is 49.1 Å². The third-order valence-corrected chi connectivity index (χ3v) is 11.5. The van der Waals surface area contributed by atoms with E-state index < -0.39 is 47.9 Å². The Bertz CT molecular complexity index is 1530. The van der Waals surface area contributed by atoms with Crippen molar-refractivity contribution >= 4 is 72.9 Å². The van der Waals surface area contributed by atoms with Crippen LogP contribution in [-0.2, 0) is 9.59 Å². The Morgan fingerprint density at radius 1 is 0.927 bits per heavy atom. The molecule has 1 saturated heterocycles. The number of nitrogens with zero attached hydrogens (tertiary/aromatic N) is 2. The maximum Gasteiger partial charge on any atom is 0.379 e. The van der Waals surface area contributed by atoms with Gasteiger partial charge in [-0.05, 0) is 66.8 Å². The lowest BCUT2D eigenvalue weighted by atomic mass is 9.81. The molecule has 6 atom stereocenters. The van der Waals surface area contributed by atoms with Gasteiger partial charge in [-0.3, -0.25) is 19.2 Å². The van der Waals surface area contributed by atoms with Crippen molar-refractivity contribution in [1.29, 1.82) is 0 Å². The second-order valence-electron chi connectivity index (χ2n) is 10.1. The number of hydrogen-bond donors (Lipinski definition) is 0. The molecule has 0 spiro atoms. The molecule has 2 bridgehead atoms. The Morgan fingerprint density at radius 2 is 1.56 bits per heavy atom. The van der Waals surface area contributed by atoms with Crippen LogP contribution in [0.5, 0.6) is 5.75 Å². The van der Waals surface area contributed by atoms with Gasteiger partial charge in [-0.25, -0.2) is 9.80 Å². The van der Waals surface area contributed by atoms with Crippen LogP contribution in [0.2, 0.25) is 5.02 Å². The zero-order chi connectivity index (χ0) is 29.0. The first-order valence-corrected chi connectivity index (χ1v) is 15.0. The number of Topliss-reactive ketones (excluding diaryl/α,β-unsaturated/α-hetero) is 1. The Hall–Kier alpha value is -3.28. The van der Waals surface area contributed by atoms with Crippen molar-refractivity contribution in [2.24, 2.45) is 23.7 Å². The molecule has 3 amide bonds. The number of rotatable bonds is 7. The second-order valence-corrected chi connectivity index (χ2v) is 12.7. The normalized spacial score (nSPS) is 26.3. The number of carbonyl (C=O) groups is 5. The molecule has 0 radical (unpaired) electrons. The van der Waals surface area contributed by atoms with Crippen LogP contribution in [0.4, 0.5) is 0 Å². The standard InChI is InChI=1S/C29H21Br2ClN2O7/c30-24-17-12-18(25(24)31)23-22(17)27(37)34(28(23)38)33(26(36)16-4-1-2-5-19(16)32)13-20(35)14-7-9-15(10-8-14)41-29(39)21-6-3-11-40-21/h1-11,17-18,22-25H,12-13H2/t17-,18-,22-,23-,24+,25+/m1/s1. The number of hydrazine groups is 1. The molecule has 0 unspecified atom stereocenters. The molecule has 3 fully saturated rings. The number of benzene rings is 2. The minimum absolute atomic E-state index is 0.0141. The number of imide groups is 1. The highest BCUT2D eigenvalue weighted by Crippen LogP contribution is 2.60. The van der Waals surface area contributed by atoms with Crippen LogP contribution in [0.25, 0.3) is 0 Å². The summed E-state index contributed by atoms with van der Waals surface area (Å²) in [5.74, 6) is -4.07. The van der Waals surface area contributed by atoms with Gasteiger partial charge in [-0.15, -0.1) is 0 Å². The van der Waals surface area contributed by atoms with E-state index in [1.54, 1.807) is 18.2 Å². The van der Waals surface area contributed by atoms with Gasteiger partial charge in [0.05, 0.1) is 28.7 Å². The minimum Gasteiger partial charge on any atom is -0.457 e. The van der Waals surface area contributed by atoms with E-state index in [4.69, 9.17) is 20.8 Å². The van der Waals surface area contributed by atoms with E-state index in [9.17, 15) is 24.0 Å². The van der Waals surface area contributed by atoms with Gasteiger partial charge in [0.2, 0.25) is 5.76 Å². The number of carbonyl (C=O) groups excluding carboxylic acids is 5. The summed E-state index contributed by atoms with van der Waals surface area (Å²) in [5, 5.41) is 1.88. The summed E-state index contributed by atoms with van der Waals surface area (Å²) in [4.78, 5) is 66.9. The Kier molecular flexibility index (Phi) is 7.37. The summed E-state index contributed by atoms with van der Waals surface area (Å²) >= 11 is 13.6. The summed E-state index contributed by atoms with van der Waals surface area (Å²) in [5.41, 5.74) is 0.236. The van der Waals surface area contributed by atoms with Crippen LogP contribution in [0.1, 0.15) is 37.7 Å². The van der Waals surface area contributed by atoms with Crippen molar-refractivity contribution in [3.8, 4) is 5.75 Å². The average molecular weight is 705 g/mol. The number of ketones is 1. The largest absolute Gasteiger partial charge is 0.457 e. The smallest absolute Gasteiger partial charge is 0.379 e. The lowest BCUT2D eigenvalue weighted by molar-refractivity contribution is -0.154. The SMILES string of the molecule is O=C(CN(C(=O)c1ccccc1Cl)N1C(=O)[C@@H]2[C@H]3C[C@@H]([C@H](Br)[C@H]3Br)[C@H]2C1=O)c1ccc(OC(=O)c2ccco2)cc1. The molecule has 3 aliphatic rings. The monoisotopic (exact) mass is 702 g/mol. The van der Waals surface area contributed by atoms with Crippen LogP contribution in [0.15, 0.2) is 71.3 Å². The molecule has 1 aromatic heterocycles. The number of hydrogen-bond acceptors (Lipinski definition) is 7. The maximum absolute atomic E-state index is 13.8. The molecule has 2 heterocycles. The first-order valence-electron chi connectivity index (χ1n) is 12.8. The van der Waals surface area contributed by atoms with Gasteiger partial charge in [0.25, 0.3) is 17.7 Å². The van der Waals surface area contributed by atoms with Crippen molar-refractivity contribution < 1.29 is 33.1 Å². The number of fused-ring (bicyclic) bond motifs is 5. The molecule has 2 aromatic carbocycles. The maximum atomic E-state index is 13.8. The lowest BCUT2D eigenvalue weighted by Gasteiger charge is -2.31. The van der Waals surface area contributed by atoms with E-state index in [2.05, 4.69) is 31.9 Å². The fraction of sp³-hybridized carbons (Fsp3) is 0.276. The molecule has 2 saturated carbocycles. The van der Waals surface area contributed by atoms with Gasteiger partial charge in [-0.1, -0.05) is 55.6 Å². The molecule has 12 heteroatoms. The molecule has 9 nitrogen and oxygen atoms in total. The van der Waals surface area contributed by atoms with Crippen molar-refractivity contribution in [3.63, 3.8) is 0 Å². The number of ether oxygens (including phenoxy) is 1. The van der Waals surface area contributed by atoms with Crippen molar-refractivity contribution in [3.05, 3.63) is 88.8 Å². The molecule has 210 valence electrons. The highest BCUT2D eigenvalue weighted by atomic mass is 79.9. The van der Waals surface area contributed by atoms with Crippen molar-refractivity contribution in [2.45, 2.75) is 16.1 Å². The molecule has 0 N–H and O–H groups in total. The van der Waals surface area contributed by atoms with Crippen LogP contribution >= 0.6 is 43.5 Å². The van der Waals surface area contributed by atoms with Gasteiger partial charge >= 0.3 is 5.97 Å². The van der Waals surface area contributed by atoms with Gasteiger partial charge in [0.15, 0.2) is 5.78 Å². The Labute approximate surface area is 256 Å². The fourth-order valence-electron chi connectivity index (χ4n) is 6.07. The van der Waals surface area contributed by atoms with Gasteiger partial charge in [0, 0.05) is 15.2 Å². The highest BCUT2D eigenvalue weighted by molar-refractivity contribution is 9.12. The predicted octanol–water partition coefficient (Wildman–Crippen LogP) is 5.17. The van der Waals surface area contributed by atoms with E-state index in [1.165, 1.54) is 48.7 Å². The topological polar surface area (TPSA) is 114 Å². The molecule has 3 aromatic rings. The summed E-state index contributed by atoms with van der Waals surface area (Å²) in [6.07, 6.45) is 2.07. The zero-order valence-corrected chi connectivity index (χ0v) is 25.0. The lowest BCUT2D eigenvalue weighted by Crippen LogP contribution is -2.52. The molecular formula is C29H21Br2ClN2O7. The molecule has 41 heavy (non-hydrogen) atoms. The number of esters is 1. The second kappa shape index (κ2) is 10.8. The van der Waals surface area contributed by atoms with Crippen LogP contribution in [0.3, 0.4) is 0 Å². The van der Waals surface area contributed by atoms with Crippen LogP contribution in [0, 0.1) is 23.7 Å². The molecule has 2 aliphatic carbocycles. The summed E-state index contributed by atoms with van der Waals surface area (Å²) in [6, 6.07) is 15.0. The quantitative estimate of drug-likeness (QED) is 0.110.